The first kappa shape index (κ1) is 11.6. The lowest BCUT2D eigenvalue weighted by Gasteiger charge is -2.34. The molecule has 0 aromatic heterocycles. The van der Waals surface area contributed by atoms with Gasteiger partial charge in [-0.2, -0.15) is 0 Å². The van der Waals surface area contributed by atoms with Crippen molar-refractivity contribution in [3.05, 3.63) is 22.8 Å². The minimum Gasteiger partial charge on any atom is -0.298 e. The standard InChI is InChI=1S/C15H22O/c1-10(9-16)8-13-6-4-11(2)14-7-5-12(3)15(13)14/h8-9,11,13-14H,4-7H2,1-3H3/b10-8+. The van der Waals surface area contributed by atoms with Gasteiger partial charge >= 0.3 is 0 Å². The van der Waals surface area contributed by atoms with Crippen molar-refractivity contribution in [1.29, 1.82) is 0 Å². The zero-order valence-corrected chi connectivity index (χ0v) is 10.6. The molecule has 0 aromatic rings. The molecule has 0 heterocycles. The van der Waals surface area contributed by atoms with Crippen molar-refractivity contribution >= 4 is 6.29 Å². The van der Waals surface area contributed by atoms with E-state index in [1.807, 2.05) is 6.92 Å². The number of hydrogen-bond donors (Lipinski definition) is 0. The van der Waals surface area contributed by atoms with Crippen molar-refractivity contribution in [3.63, 3.8) is 0 Å². The second-order valence-corrected chi connectivity index (χ2v) is 5.57. The number of hydrogen-bond acceptors (Lipinski definition) is 1. The van der Waals surface area contributed by atoms with Crippen LogP contribution in [-0.4, -0.2) is 6.29 Å². The number of fused-ring (bicyclic) bond motifs is 1. The summed E-state index contributed by atoms with van der Waals surface area (Å²) in [6.07, 6.45) is 8.33. The Morgan fingerprint density at radius 3 is 2.75 bits per heavy atom. The molecule has 0 bridgehead atoms. The highest BCUT2D eigenvalue weighted by Crippen LogP contribution is 2.48. The zero-order valence-electron chi connectivity index (χ0n) is 10.6. The highest BCUT2D eigenvalue weighted by Gasteiger charge is 2.35. The van der Waals surface area contributed by atoms with Crippen LogP contribution in [0.3, 0.4) is 0 Å². The molecule has 2 aliphatic carbocycles. The van der Waals surface area contributed by atoms with E-state index in [-0.39, 0.29) is 0 Å². The third-order valence-corrected chi connectivity index (χ3v) is 4.39. The van der Waals surface area contributed by atoms with Crippen LogP contribution in [0.4, 0.5) is 0 Å². The van der Waals surface area contributed by atoms with Gasteiger partial charge in [0, 0.05) is 0 Å². The molecule has 0 aliphatic heterocycles. The van der Waals surface area contributed by atoms with Gasteiger partial charge in [0.1, 0.15) is 6.29 Å². The quantitative estimate of drug-likeness (QED) is 0.390. The summed E-state index contributed by atoms with van der Waals surface area (Å²) in [6, 6.07) is 0. The first-order valence-corrected chi connectivity index (χ1v) is 6.46. The van der Waals surface area contributed by atoms with Gasteiger partial charge < -0.3 is 0 Å². The van der Waals surface area contributed by atoms with Gasteiger partial charge in [-0.1, -0.05) is 24.1 Å². The van der Waals surface area contributed by atoms with Crippen molar-refractivity contribution in [2.24, 2.45) is 17.8 Å². The fourth-order valence-electron chi connectivity index (χ4n) is 3.50. The van der Waals surface area contributed by atoms with Gasteiger partial charge in [0.25, 0.3) is 0 Å². The molecule has 0 aromatic carbocycles. The van der Waals surface area contributed by atoms with Crippen LogP contribution in [0.5, 0.6) is 0 Å². The Hall–Kier alpha value is -0.850. The molecule has 0 amide bonds. The van der Waals surface area contributed by atoms with E-state index in [9.17, 15) is 4.79 Å². The maximum Gasteiger partial charge on any atom is 0.145 e. The first-order valence-electron chi connectivity index (χ1n) is 6.46. The molecule has 1 saturated carbocycles. The van der Waals surface area contributed by atoms with Crippen LogP contribution in [-0.2, 0) is 4.79 Å². The van der Waals surface area contributed by atoms with Crippen molar-refractivity contribution in [2.45, 2.75) is 46.5 Å². The Bertz CT molecular complexity index is 348. The molecule has 0 radical (unpaired) electrons. The van der Waals surface area contributed by atoms with Gasteiger partial charge in [0.15, 0.2) is 0 Å². The van der Waals surface area contributed by atoms with Gasteiger partial charge in [-0.15, -0.1) is 0 Å². The monoisotopic (exact) mass is 218 g/mol. The van der Waals surface area contributed by atoms with E-state index in [4.69, 9.17) is 0 Å². The molecule has 0 N–H and O–H groups in total. The molecular formula is C15H22O. The van der Waals surface area contributed by atoms with Crippen LogP contribution in [0.2, 0.25) is 0 Å². The molecule has 16 heavy (non-hydrogen) atoms. The first-order chi connectivity index (χ1) is 7.63. The zero-order chi connectivity index (χ0) is 11.7. The van der Waals surface area contributed by atoms with E-state index in [0.717, 1.165) is 23.7 Å². The van der Waals surface area contributed by atoms with Crippen molar-refractivity contribution in [2.75, 3.05) is 0 Å². The second kappa shape index (κ2) is 4.57. The van der Waals surface area contributed by atoms with E-state index in [1.54, 1.807) is 11.1 Å². The topological polar surface area (TPSA) is 17.1 Å². The van der Waals surface area contributed by atoms with Gasteiger partial charge in [-0.25, -0.2) is 0 Å². The van der Waals surface area contributed by atoms with Crippen LogP contribution >= 0.6 is 0 Å². The Morgan fingerprint density at radius 2 is 2.06 bits per heavy atom. The molecular weight excluding hydrogens is 196 g/mol. The largest absolute Gasteiger partial charge is 0.298 e. The van der Waals surface area contributed by atoms with Crippen molar-refractivity contribution < 1.29 is 4.79 Å². The molecule has 0 spiro atoms. The van der Waals surface area contributed by atoms with E-state index in [0.29, 0.717) is 5.92 Å². The van der Waals surface area contributed by atoms with Crippen molar-refractivity contribution in [1.82, 2.24) is 0 Å². The van der Waals surface area contributed by atoms with Gasteiger partial charge in [-0.05, 0) is 62.9 Å². The van der Waals surface area contributed by atoms with E-state index in [2.05, 4.69) is 19.9 Å². The van der Waals surface area contributed by atoms with Crippen LogP contribution in [0.15, 0.2) is 22.8 Å². The summed E-state index contributed by atoms with van der Waals surface area (Å²) in [5.41, 5.74) is 4.15. The summed E-state index contributed by atoms with van der Waals surface area (Å²) in [6.45, 7) is 6.59. The molecule has 1 heteroatoms. The van der Waals surface area contributed by atoms with Crippen LogP contribution in [0.1, 0.15) is 46.5 Å². The van der Waals surface area contributed by atoms with E-state index >= 15 is 0 Å². The summed E-state index contributed by atoms with van der Waals surface area (Å²) >= 11 is 0. The number of carbonyl (C=O) groups excluding carboxylic acids is 1. The highest BCUT2D eigenvalue weighted by molar-refractivity contribution is 5.72. The average molecular weight is 218 g/mol. The van der Waals surface area contributed by atoms with E-state index in [1.165, 1.54) is 25.7 Å². The third kappa shape index (κ3) is 2.00. The van der Waals surface area contributed by atoms with Gasteiger partial charge in [0.05, 0.1) is 0 Å². The molecule has 3 unspecified atom stereocenters. The molecule has 88 valence electrons. The lowest BCUT2D eigenvalue weighted by atomic mass is 9.71. The lowest BCUT2D eigenvalue weighted by Crippen LogP contribution is -2.23. The summed E-state index contributed by atoms with van der Waals surface area (Å²) < 4.78 is 0. The highest BCUT2D eigenvalue weighted by atomic mass is 16.1. The predicted molar refractivity (Wildman–Crippen MR) is 67.1 cm³/mol. The molecule has 2 aliphatic rings. The fourth-order valence-corrected chi connectivity index (χ4v) is 3.50. The molecule has 0 saturated heterocycles. The summed E-state index contributed by atoms with van der Waals surface area (Å²) in [4.78, 5) is 10.7. The minimum absolute atomic E-state index is 0.550. The number of allylic oxidation sites excluding steroid dienone is 4. The molecule has 3 atom stereocenters. The second-order valence-electron chi connectivity index (χ2n) is 5.57. The normalized spacial score (nSPS) is 35.2. The number of aldehydes is 1. The van der Waals surface area contributed by atoms with Crippen LogP contribution < -0.4 is 0 Å². The van der Waals surface area contributed by atoms with Gasteiger partial charge in [-0.3, -0.25) is 4.79 Å². The minimum atomic E-state index is 0.550. The lowest BCUT2D eigenvalue weighted by molar-refractivity contribution is -0.104. The number of carbonyl (C=O) groups is 1. The average Bonchev–Trinajstić information content (AvgIpc) is 2.66. The maximum absolute atomic E-state index is 10.7. The summed E-state index contributed by atoms with van der Waals surface area (Å²) in [5.74, 6) is 2.19. The fraction of sp³-hybridized carbons (Fsp3) is 0.667. The van der Waals surface area contributed by atoms with Crippen LogP contribution in [0.25, 0.3) is 0 Å². The molecule has 1 nitrogen and oxygen atoms in total. The third-order valence-electron chi connectivity index (χ3n) is 4.39. The van der Waals surface area contributed by atoms with E-state index < -0.39 is 0 Å². The predicted octanol–water partition coefficient (Wildman–Crippen LogP) is 3.90. The summed E-state index contributed by atoms with van der Waals surface area (Å²) in [5, 5.41) is 0. The van der Waals surface area contributed by atoms with Gasteiger partial charge in [0.2, 0.25) is 0 Å². The Labute approximate surface area is 98.6 Å². The number of rotatable bonds is 2. The van der Waals surface area contributed by atoms with Crippen molar-refractivity contribution in [3.8, 4) is 0 Å². The maximum atomic E-state index is 10.7. The summed E-state index contributed by atoms with van der Waals surface area (Å²) in [7, 11) is 0. The molecule has 1 fully saturated rings. The van der Waals surface area contributed by atoms with Crippen LogP contribution in [0, 0.1) is 17.8 Å². The SMILES string of the molecule is CC1=C2C(/C=C(\C)C=O)CCC(C)C2CC1. The smallest absolute Gasteiger partial charge is 0.145 e. The Balaban J connectivity index is 2.27. The Morgan fingerprint density at radius 1 is 1.31 bits per heavy atom. The molecule has 2 rings (SSSR count). The Kier molecular flexibility index (Phi) is 3.32.